The van der Waals surface area contributed by atoms with Gasteiger partial charge in [0.25, 0.3) is 0 Å². The van der Waals surface area contributed by atoms with Crippen molar-refractivity contribution in [1.82, 2.24) is 19.5 Å². The third-order valence-corrected chi connectivity index (χ3v) is 6.42. The van der Waals surface area contributed by atoms with Gasteiger partial charge in [0, 0.05) is 33.4 Å². The molecule has 9 nitrogen and oxygen atoms in total. The van der Waals surface area contributed by atoms with E-state index in [0.717, 1.165) is 9.87 Å². The second kappa shape index (κ2) is 8.58. The number of nitrogens with one attached hydrogen (secondary N) is 2. The van der Waals surface area contributed by atoms with Gasteiger partial charge in [-0.3, -0.25) is 10.1 Å². The third-order valence-electron chi connectivity index (χ3n) is 4.62. The highest BCUT2D eigenvalue weighted by Gasteiger charge is 2.30. The lowest BCUT2D eigenvalue weighted by molar-refractivity contribution is -0.121. The van der Waals surface area contributed by atoms with Crippen LogP contribution in [0.15, 0.2) is 53.6 Å². The van der Waals surface area contributed by atoms with E-state index in [0.29, 0.717) is 13.1 Å². The van der Waals surface area contributed by atoms with Crippen LogP contribution in [0.2, 0.25) is 0 Å². The maximum absolute atomic E-state index is 12.9. The molecule has 2 aromatic rings. The van der Waals surface area contributed by atoms with Gasteiger partial charge < -0.3 is 10.2 Å². The van der Waals surface area contributed by atoms with Crippen LogP contribution in [0.1, 0.15) is 18.0 Å². The molecule has 2 N–H and O–H groups in total. The predicted molar refractivity (Wildman–Crippen MR) is 108 cm³/mol. The maximum Gasteiger partial charge on any atom is 0.323 e. The molecular formula is C19H23N5O4S. The number of rotatable bonds is 4. The van der Waals surface area contributed by atoms with Gasteiger partial charge in [0.15, 0.2) is 0 Å². The first-order chi connectivity index (χ1) is 13.8. The summed E-state index contributed by atoms with van der Waals surface area (Å²) in [7, 11) is -0.729. The smallest absolute Gasteiger partial charge is 0.323 e. The van der Waals surface area contributed by atoms with Gasteiger partial charge in [0.1, 0.15) is 10.7 Å². The number of anilines is 1. The molecule has 1 atom stereocenters. The van der Waals surface area contributed by atoms with Crippen LogP contribution in [-0.4, -0.2) is 61.7 Å². The van der Waals surface area contributed by atoms with Crippen molar-refractivity contribution >= 4 is 27.8 Å². The summed E-state index contributed by atoms with van der Waals surface area (Å²) < 4.78 is 25.4. The number of hydrogen-bond acceptors (Lipinski definition) is 5. The highest BCUT2D eigenvalue weighted by Crippen LogP contribution is 2.26. The summed E-state index contributed by atoms with van der Waals surface area (Å²) in [6, 6.07) is 11.4. The number of hydrogen-bond donors (Lipinski definition) is 2. The fraction of sp³-hybridized carbons (Fsp3) is 0.316. The van der Waals surface area contributed by atoms with E-state index in [2.05, 4.69) is 15.6 Å². The van der Waals surface area contributed by atoms with Gasteiger partial charge in [0.05, 0.1) is 12.5 Å². The zero-order chi connectivity index (χ0) is 21.0. The van der Waals surface area contributed by atoms with Crippen molar-refractivity contribution in [3.63, 3.8) is 0 Å². The van der Waals surface area contributed by atoms with Crippen LogP contribution in [0.5, 0.6) is 0 Å². The minimum absolute atomic E-state index is 0.0345. The lowest BCUT2D eigenvalue weighted by atomic mass is 10.0. The quantitative estimate of drug-likeness (QED) is 0.782. The SMILES string of the molecule is CN(C)S(=O)(=O)c1ccc(NC(=O)N2CCNC(=O)CC2c2ccccc2)nc1. The van der Waals surface area contributed by atoms with Gasteiger partial charge in [-0.25, -0.2) is 22.5 Å². The summed E-state index contributed by atoms with van der Waals surface area (Å²) in [5.74, 6) is 0.105. The highest BCUT2D eigenvalue weighted by atomic mass is 32.2. The van der Waals surface area contributed by atoms with Crippen LogP contribution in [-0.2, 0) is 14.8 Å². The lowest BCUT2D eigenvalue weighted by Gasteiger charge is -2.29. The van der Waals surface area contributed by atoms with Crippen molar-refractivity contribution in [2.75, 3.05) is 32.5 Å². The molecule has 0 saturated carbocycles. The number of amides is 3. The largest absolute Gasteiger partial charge is 0.354 e. The molecule has 1 fully saturated rings. The van der Waals surface area contributed by atoms with Crippen molar-refractivity contribution in [2.45, 2.75) is 17.4 Å². The Morgan fingerprint density at radius 2 is 1.93 bits per heavy atom. The number of nitrogens with zero attached hydrogens (tertiary/aromatic N) is 3. The Morgan fingerprint density at radius 3 is 2.55 bits per heavy atom. The van der Waals surface area contributed by atoms with Crippen LogP contribution in [0.25, 0.3) is 0 Å². The van der Waals surface area contributed by atoms with E-state index in [1.54, 1.807) is 4.90 Å². The van der Waals surface area contributed by atoms with Gasteiger partial charge >= 0.3 is 6.03 Å². The number of aromatic nitrogens is 1. The van der Waals surface area contributed by atoms with Gasteiger partial charge in [-0.15, -0.1) is 0 Å². The second-order valence-corrected chi connectivity index (χ2v) is 8.92. The first-order valence-electron chi connectivity index (χ1n) is 9.07. The van der Waals surface area contributed by atoms with Gasteiger partial charge in [-0.2, -0.15) is 0 Å². The Balaban J connectivity index is 1.80. The fourth-order valence-corrected chi connectivity index (χ4v) is 3.89. The first-order valence-corrected chi connectivity index (χ1v) is 10.5. The molecule has 1 saturated heterocycles. The Morgan fingerprint density at radius 1 is 1.21 bits per heavy atom. The standard InChI is InChI=1S/C19H23N5O4S/c1-23(2)29(27,28)15-8-9-17(21-13-15)22-19(26)24-11-10-20-18(25)12-16(24)14-6-4-3-5-7-14/h3-9,13,16H,10-12H2,1-2H3,(H,20,25)(H,21,22,26). The molecular weight excluding hydrogens is 394 g/mol. The first kappa shape index (κ1) is 20.7. The number of carbonyl (C=O) groups is 2. The Hall–Kier alpha value is -2.98. The Bertz CT molecular complexity index is 977. The fourth-order valence-electron chi connectivity index (χ4n) is 3.04. The zero-order valence-corrected chi connectivity index (χ0v) is 17.0. The summed E-state index contributed by atoms with van der Waals surface area (Å²) in [5.41, 5.74) is 0.861. The van der Waals surface area contributed by atoms with Crippen LogP contribution >= 0.6 is 0 Å². The zero-order valence-electron chi connectivity index (χ0n) is 16.2. The van der Waals surface area contributed by atoms with Crippen molar-refractivity contribution in [3.8, 4) is 0 Å². The molecule has 0 bridgehead atoms. The molecule has 3 amide bonds. The number of carbonyl (C=O) groups excluding carboxylic acids is 2. The number of urea groups is 1. The van der Waals surface area contributed by atoms with Crippen LogP contribution in [0.3, 0.4) is 0 Å². The topological polar surface area (TPSA) is 112 Å². The average Bonchev–Trinajstić information content (AvgIpc) is 2.90. The van der Waals surface area contributed by atoms with Crippen molar-refractivity contribution < 1.29 is 18.0 Å². The number of sulfonamides is 1. The van der Waals surface area contributed by atoms with Crippen LogP contribution in [0.4, 0.5) is 10.6 Å². The van der Waals surface area contributed by atoms with Crippen LogP contribution < -0.4 is 10.6 Å². The lowest BCUT2D eigenvalue weighted by Crippen LogP contribution is -2.39. The van der Waals surface area contributed by atoms with E-state index >= 15 is 0 Å². The number of pyridine rings is 1. The van der Waals surface area contributed by atoms with E-state index in [9.17, 15) is 18.0 Å². The molecule has 29 heavy (non-hydrogen) atoms. The van der Waals surface area contributed by atoms with E-state index in [1.807, 2.05) is 30.3 Å². The maximum atomic E-state index is 12.9. The summed E-state index contributed by atoms with van der Waals surface area (Å²) in [6.45, 7) is 0.688. The van der Waals surface area contributed by atoms with E-state index in [-0.39, 0.29) is 23.0 Å². The molecule has 0 radical (unpaired) electrons. The second-order valence-electron chi connectivity index (χ2n) is 6.77. The molecule has 1 aromatic heterocycles. The van der Waals surface area contributed by atoms with E-state index in [1.165, 1.54) is 32.4 Å². The summed E-state index contributed by atoms with van der Waals surface area (Å²) in [5, 5.41) is 5.47. The van der Waals surface area contributed by atoms with Crippen molar-refractivity contribution in [1.29, 1.82) is 0 Å². The normalized spacial score (nSPS) is 17.6. The third kappa shape index (κ3) is 4.72. The molecule has 1 aliphatic rings. The molecule has 0 aliphatic carbocycles. The predicted octanol–water partition coefficient (Wildman–Crippen LogP) is 1.43. The molecule has 10 heteroatoms. The molecule has 3 rings (SSSR count). The van der Waals surface area contributed by atoms with Crippen molar-refractivity contribution in [2.24, 2.45) is 0 Å². The minimum Gasteiger partial charge on any atom is -0.354 e. The summed E-state index contributed by atoms with van der Waals surface area (Å²) in [6.07, 6.45) is 1.36. The monoisotopic (exact) mass is 417 g/mol. The molecule has 1 unspecified atom stereocenters. The molecule has 0 spiro atoms. The van der Waals surface area contributed by atoms with Crippen molar-refractivity contribution in [3.05, 3.63) is 54.2 Å². The number of benzene rings is 1. The molecule has 2 heterocycles. The van der Waals surface area contributed by atoms with Gasteiger partial charge in [-0.05, 0) is 17.7 Å². The van der Waals surface area contributed by atoms with Gasteiger partial charge in [-0.1, -0.05) is 30.3 Å². The Labute approximate surface area is 169 Å². The summed E-state index contributed by atoms with van der Waals surface area (Å²) >= 11 is 0. The molecule has 1 aromatic carbocycles. The van der Waals surface area contributed by atoms with E-state index < -0.39 is 22.1 Å². The summed E-state index contributed by atoms with van der Waals surface area (Å²) in [4.78, 5) is 30.6. The average molecular weight is 417 g/mol. The minimum atomic E-state index is -3.60. The molecule has 1 aliphatic heterocycles. The highest BCUT2D eigenvalue weighted by molar-refractivity contribution is 7.89. The molecule has 154 valence electrons. The van der Waals surface area contributed by atoms with Gasteiger partial charge in [0.2, 0.25) is 15.9 Å². The van der Waals surface area contributed by atoms with E-state index in [4.69, 9.17) is 0 Å². The Kier molecular flexibility index (Phi) is 6.14. The van der Waals surface area contributed by atoms with Crippen LogP contribution in [0, 0.1) is 0 Å².